The highest BCUT2D eigenvalue weighted by atomic mass is 16.5. The Morgan fingerprint density at radius 3 is 2.66 bits per heavy atom. The smallest absolute Gasteiger partial charge is 0.321 e. The van der Waals surface area contributed by atoms with E-state index in [9.17, 15) is 14.4 Å². The van der Waals surface area contributed by atoms with Crippen molar-refractivity contribution in [3.63, 3.8) is 0 Å². The molecule has 0 radical (unpaired) electrons. The van der Waals surface area contributed by atoms with Gasteiger partial charge in [-0.1, -0.05) is 12.1 Å². The van der Waals surface area contributed by atoms with Crippen molar-refractivity contribution >= 4 is 17.7 Å². The molecule has 3 atom stereocenters. The number of ketones is 1. The van der Waals surface area contributed by atoms with Crippen LogP contribution in [-0.2, 0) is 30.4 Å². The minimum atomic E-state index is -1.52. The highest BCUT2D eigenvalue weighted by Crippen LogP contribution is 2.48. The number of rotatable bonds is 7. The molecule has 0 amide bonds. The molecule has 2 fully saturated rings. The molecular formula is C22H29NO6. The predicted molar refractivity (Wildman–Crippen MR) is 105 cm³/mol. The quantitative estimate of drug-likeness (QED) is 0.511. The van der Waals surface area contributed by atoms with Crippen molar-refractivity contribution in [3.8, 4) is 5.75 Å². The molecule has 158 valence electrons. The Labute approximate surface area is 171 Å². The van der Waals surface area contributed by atoms with Gasteiger partial charge in [-0.25, -0.2) is 0 Å². The summed E-state index contributed by atoms with van der Waals surface area (Å²) in [7, 11) is 2.88. The van der Waals surface area contributed by atoms with Crippen LogP contribution in [0, 0.1) is 5.41 Å². The van der Waals surface area contributed by atoms with Gasteiger partial charge < -0.3 is 14.2 Å². The largest absolute Gasteiger partial charge is 0.497 e. The Balaban J connectivity index is 1.93. The van der Waals surface area contributed by atoms with Gasteiger partial charge >= 0.3 is 11.9 Å². The van der Waals surface area contributed by atoms with Crippen molar-refractivity contribution < 1.29 is 28.6 Å². The number of fused-ring (bicyclic) bond motifs is 2. The van der Waals surface area contributed by atoms with Gasteiger partial charge in [-0.2, -0.15) is 0 Å². The first-order valence-electron chi connectivity index (χ1n) is 10.0. The second-order valence-electron chi connectivity index (χ2n) is 8.08. The summed E-state index contributed by atoms with van der Waals surface area (Å²) in [4.78, 5) is 40.7. The summed E-state index contributed by atoms with van der Waals surface area (Å²) >= 11 is 0. The van der Waals surface area contributed by atoms with E-state index in [2.05, 4.69) is 4.90 Å². The van der Waals surface area contributed by atoms with Gasteiger partial charge in [0.25, 0.3) is 0 Å². The van der Waals surface area contributed by atoms with Gasteiger partial charge in [0, 0.05) is 25.0 Å². The van der Waals surface area contributed by atoms with Crippen molar-refractivity contribution in [2.45, 2.75) is 64.3 Å². The van der Waals surface area contributed by atoms with Gasteiger partial charge in [0.15, 0.2) is 11.2 Å². The zero-order valence-electron chi connectivity index (χ0n) is 17.5. The van der Waals surface area contributed by atoms with Gasteiger partial charge in [0.05, 0.1) is 26.7 Å². The fraction of sp³-hybridized carbons (Fsp3) is 0.591. The van der Waals surface area contributed by atoms with E-state index in [0.717, 1.165) is 17.7 Å². The molecule has 3 unspecified atom stereocenters. The van der Waals surface area contributed by atoms with Crippen LogP contribution in [0.2, 0.25) is 0 Å². The Hall–Kier alpha value is -2.41. The molecule has 2 aliphatic heterocycles. The van der Waals surface area contributed by atoms with Crippen LogP contribution in [0.5, 0.6) is 5.75 Å². The van der Waals surface area contributed by atoms with Crippen molar-refractivity contribution in [3.05, 3.63) is 29.8 Å². The Kier molecular flexibility index (Phi) is 6.27. The average Bonchev–Trinajstić information content (AvgIpc) is 3.00. The third-order valence-electron chi connectivity index (χ3n) is 5.97. The monoisotopic (exact) mass is 403 g/mol. The average molecular weight is 403 g/mol. The lowest BCUT2D eigenvalue weighted by Gasteiger charge is -2.45. The zero-order valence-corrected chi connectivity index (χ0v) is 17.5. The highest BCUT2D eigenvalue weighted by Gasteiger charge is 2.62. The Morgan fingerprint density at radius 1 is 1.24 bits per heavy atom. The summed E-state index contributed by atoms with van der Waals surface area (Å²) < 4.78 is 15.6. The summed E-state index contributed by atoms with van der Waals surface area (Å²) in [5.74, 6) is -0.670. The number of ether oxygens (including phenoxy) is 3. The molecule has 0 saturated carbocycles. The van der Waals surface area contributed by atoms with Crippen LogP contribution in [-0.4, -0.2) is 55.0 Å². The van der Waals surface area contributed by atoms with Crippen LogP contribution in [0.3, 0.4) is 0 Å². The van der Waals surface area contributed by atoms with Crippen molar-refractivity contribution in [1.29, 1.82) is 0 Å². The van der Waals surface area contributed by atoms with Crippen molar-refractivity contribution in [1.82, 2.24) is 4.90 Å². The fourth-order valence-corrected chi connectivity index (χ4v) is 4.74. The molecule has 0 aliphatic carbocycles. The van der Waals surface area contributed by atoms with Crippen LogP contribution in [0.25, 0.3) is 0 Å². The van der Waals surface area contributed by atoms with Crippen LogP contribution >= 0.6 is 0 Å². The standard InChI is InChI=1S/C22H29NO6/c1-14(2)29-20(25)12-22(21(26)28-4)18-9-8-16(11-19(22)24)23(18)13-15-6-5-7-17(10-15)27-3/h5-7,10,14,16,18H,8-9,11-13H2,1-4H3. The molecule has 7 heteroatoms. The van der Waals surface area contributed by atoms with Crippen LogP contribution in [0.15, 0.2) is 24.3 Å². The summed E-state index contributed by atoms with van der Waals surface area (Å²) in [6.45, 7) is 4.05. The normalized spacial score (nSPS) is 26.4. The number of methoxy groups -OCH3 is 2. The molecule has 3 rings (SSSR count). The number of Topliss-reactive ketones (excluding diaryl/α,β-unsaturated/α-hetero) is 1. The topological polar surface area (TPSA) is 82.1 Å². The first kappa shape index (κ1) is 21.3. The lowest BCUT2D eigenvalue weighted by Crippen LogP contribution is -2.61. The number of nitrogens with zero attached hydrogens (tertiary/aromatic N) is 1. The van der Waals surface area contributed by atoms with E-state index in [-0.39, 0.29) is 30.8 Å². The fourth-order valence-electron chi connectivity index (χ4n) is 4.74. The predicted octanol–water partition coefficient (Wildman–Crippen LogP) is 2.50. The zero-order chi connectivity index (χ0) is 21.2. The van der Waals surface area contributed by atoms with E-state index in [4.69, 9.17) is 14.2 Å². The lowest BCUT2D eigenvalue weighted by atomic mass is 9.70. The molecule has 0 aromatic heterocycles. The molecule has 29 heavy (non-hydrogen) atoms. The van der Waals surface area contributed by atoms with Crippen molar-refractivity contribution in [2.24, 2.45) is 5.41 Å². The van der Waals surface area contributed by atoms with Gasteiger partial charge in [-0.3, -0.25) is 19.3 Å². The number of hydrogen-bond donors (Lipinski definition) is 0. The molecule has 2 bridgehead atoms. The minimum absolute atomic E-state index is 0.0533. The van der Waals surface area contributed by atoms with Gasteiger partial charge in [0.1, 0.15) is 5.75 Å². The molecule has 2 saturated heterocycles. The van der Waals surface area contributed by atoms with E-state index in [1.165, 1.54) is 7.11 Å². The van der Waals surface area contributed by atoms with E-state index in [1.807, 2.05) is 24.3 Å². The Bertz CT molecular complexity index is 791. The van der Waals surface area contributed by atoms with E-state index in [1.54, 1.807) is 21.0 Å². The first-order valence-corrected chi connectivity index (χ1v) is 10.0. The number of piperidine rings is 1. The molecule has 0 N–H and O–H groups in total. The second-order valence-corrected chi connectivity index (χ2v) is 8.08. The highest BCUT2D eigenvalue weighted by molar-refractivity contribution is 6.08. The SMILES string of the molecule is COC(=O)C1(CC(=O)OC(C)C)C(=O)CC2CCC1N2Cc1cccc(OC)c1. The molecule has 1 aromatic carbocycles. The third kappa shape index (κ3) is 4.01. The maximum Gasteiger partial charge on any atom is 0.321 e. The van der Waals surface area contributed by atoms with Gasteiger partial charge in [-0.15, -0.1) is 0 Å². The maximum atomic E-state index is 13.1. The lowest BCUT2D eigenvalue weighted by molar-refractivity contribution is -0.174. The number of benzene rings is 1. The first-order chi connectivity index (χ1) is 13.8. The van der Waals surface area contributed by atoms with Crippen LogP contribution in [0.4, 0.5) is 0 Å². The van der Waals surface area contributed by atoms with Crippen LogP contribution < -0.4 is 4.74 Å². The molecule has 0 spiro atoms. The van der Waals surface area contributed by atoms with Crippen LogP contribution in [0.1, 0.15) is 45.1 Å². The molecule has 7 nitrogen and oxygen atoms in total. The number of carbonyl (C=O) groups is 3. The Morgan fingerprint density at radius 2 is 2.00 bits per heavy atom. The van der Waals surface area contributed by atoms with Gasteiger partial charge in [0.2, 0.25) is 0 Å². The summed E-state index contributed by atoms with van der Waals surface area (Å²) in [5, 5.41) is 0. The van der Waals surface area contributed by atoms with Crippen molar-refractivity contribution in [2.75, 3.05) is 14.2 Å². The minimum Gasteiger partial charge on any atom is -0.497 e. The number of hydrogen-bond acceptors (Lipinski definition) is 7. The van der Waals surface area contributed by atoms with Gasteiger partial charge in [-0.05, 0) is 44.4 Å². The summed E-state index contributed by atoms with van der Waals surface area (Å²) in [6.07, 6.45) is 1.08. The second kappa shape index (κ2) is 8.53. The molecule has 1 aromatic rings. The maximum absolute atomic E-state index is 13.1. The number of esters is 2. The van der Waals surface area contributed by atoms with E-state index in [0.29, 0.717) is 13.0 Å². The third-order valence-corrected chi connectivity index (χ3v) is 5.97. The number of carbonyl (C=O) groups excluding carboxylic acids is 3. The molecule has 2 aliphatic rings. The summed E-state index contributed by atoms with van der Waals surface area (Å²) in [6, 6.07) is 7.38. The molecular weight excluding hydrogens is 374 g/mol. The van der Waals surface area contributed by atoms with E-state index >= 15 is 0 Å². The summed E-state index contributed by atoms with van der Waals surface area (Å²) in [5.41, 5.74) is -0.494. The van der Waals surface area contributed by atoms with E-state index < -0.39 is 23.4 Å². The molecule has 2 heterocycles.